The molecule has 2 aliphatic rings. The smallest absolute Gasteiger partial charge is 0.228 e. The van der Waals surface area contributed by atoms with Crippen molar-refractivity contribution in [1.29, 1.82) is 0 Å². The number of carbonyl (C=O) groups is 2. The van der Waals surface area contributed by atoms with Gasteiger partial charge >= 0.3 is 0 Å². The van der Waals surface area contributed by atoms with E-state index < -0.39 is 0 Å². The van der Waals surface area contributed by atoms with Crippen molar-refractivity contribution in [3.63, 3.8) is 0 Å². The monoisotopic (exact) mass is 310 g/mol. The van der Waals surface area contributed by atoms with Gasteiger partial charge in [-0.25, -0.2) is 0 Å². The number of hydrogen-bond acceptors (Lipinski definition) is 3. The highest BCUT2D eigenvalue weighted by molar-refractivity contribution is 5.89. The third kappa shape index (κ3) is 3.80. The van der Waals surface area contributed by atoms with E-state index in [9.17, 15) is 14.7 Å². The van der Waals surface area contributed by atoms with Crippen LogP contribution in [0.2, 0.25) is 0 Å². The lowest BCUT2D eigenvalue weighted by molar-refractivity contribution is -0.136. The fourth-order valence-corrected chi connectivity index (χ4v) is 3.67. The summed E-state index contributed by atoms with van der Waals surface area (Å²) >= 11 is 0. The zero-order valence-electron chi connectivity index (χ0n) is 14.6. The van der Waals surface area contributed by atoms with Crippen molar-refractivity contribution in [1.82, 2.24) is 9.80 Å². The van der Waals surface area contributed by atoms with E-state index in [1.807, 2.05) is 30.6 Å². The lowest BCUT2D eigenvalue weighted by atomic mass is 9.86. The summed E-state index contributed by atoms with van der Waals surface area (Å²) in [5.41, 5.74) is -0.321. The van der Waals surface area contributed by atoms with Crippen LogP contribution in [0.25, 0.3) is 0 Å². The quantitative estimate of drug-likeness (QED) is 0.801. The lowest BCUT2D eigenvalue weighted by Gasteiger charge is -2.33. The van der Waals surface area contributed by atoms with Crippen molar-refractivity contribution in [3.8, 4) is 0 Å². The van der Waals surface area contributed by atoms with Gasteiger partial charge in [0.25, 0.3) is 0 Å². The topological polar surface area (TPSA) is 60.9 Å². The van der Waals surface area contributed by atoms with Gasteiger partial charge in [-0.3, -0.25) is 9.59 Å². The molecule has 0 aromatic carbocycles. The van der Waals surface area contributed by atoms with Gasteiger partial charge in [-0.1, -0.05) is 13.8 Å². The Balaban J connectivity index is 2.07. The Morgan fingerprint density at radius 2 is 1.95 bits per heavy atom. The first kappa shape index (κ1) is 17.3. The van der Waals surface area contributed by atoms with Gasteiger partial charge in [-0.15, -0.1) is 0 Å². The summed E-state index contributed by atoms with van der Waals surface area (Å²) in [6.45, 7) is 11.9. The highest BCUT2D eigenvalue weighted by Gasteiger charge is 2.42. The van der Waals surface area contributed by atoms with Crippen LogP contribution in [0, 0.1) is 11.3 Å². The van der Waals surface area contributed by atoms with Crippen LogP contribution in [0.3, 0.4) is 0 Å². The van der Waals surface area contributed by atoms with E-state index in [0.29, 0.717) is 38.9 Å². The summed E-state index contributed by atoms with van der Waals surface area (Å²) in [5, 5.41) is 9.98. The molecule has 2 aliphatic heterocycles. The Kier molecular flexibility index (Phi) is 4.58. The fourth-order valence-electron chi connectivity index (χ4n) is 3.67. The summed E-state index contributed by atoms with van der Waals surface area (Å²) in [7, 11) is 0. The van der Waals surface area contributed by atoms with Gasteiger partial charge < -0.3 is 14.9 Å². The predicted octanol–water partition coefficient (Wildman–Crippen LogP) is 1.64. The average Bonchev–Trinajstić information content (AvgIpc) is 2.68. The van der Waals surface area contributed by atoms with Gasteiger partial charge in [0.1, 0.15) is 0 Å². The highest BCUT2D eigenvalue weighted by Crippen LogP contribution is 2.31. The van der Waals surface area contributed by atoms with Crippen molar-refractivity contribution >= 4 is 11.8 Å². The standard InChI is InChI=1S/C17H30N2O3/c1-16(2,3)19-10-12(8-14(19)21)15(22)18-7-6-13(20)9-17(4,5)11-18/h12-13,20H,6-11H2,1-5H3. The number of hydrogen-bond donors (Lipinski definition) is 1. The Hall–Kier alpha value is -1.10. The Morgan fingerprint density at radius 3 is 2.50 bits per heavy atom. The van der Waals surface area contributed by atoms with Gasteiger partial charge in [0.2, 0.25) is 11.8 Å². The average molecular weight is 310 g/mol. The molecular formula is C17H30N2O3. The van der Waals surface area contributed by atoms with Gasteiger partial charge in [0.15, 0.2) is 0 Å². The van der Waals surface area contributed by atoms with E-state index in [2.05, 4.69) is 13.8 Å². The number of aliphatic hydroxyl groups excluding tert-OH is 1. The molecule has 2 rings (SSSR count). The molecule has 0 aromatic rings. The molecule has 2 fully saturated rings. The first-order chi connectivity index (χ1) is 9.99. The summed E-state index contributed by atoms with van der Waals surface area (Å²) in [5.74, 6) is -0.0972. The summed E-state index contributed by atoms with van der Waals surface area (Å²) in [4.78, 5) is 28.7. The first-order valence-electron chi connectivity index (χ1n) is 8.27. The van der Waals surface area contributed by atoms with Crippen LogP contribution in [0.15, 0.2) is 0 Å². The summed E-state index contributed by atoms with van der Waals surface area (Å²) in [6, 6.07) is 0. The van der Waals surface area contributed by atoms with Gasteiger partial charge in [0.05, 0.1) is 12.0 Å². The third-order valence-electron chi connectivity index (χ3n) is 4.74. The van der Waals surface area contributed by atoms with Gasteiger partial charge in [-0.05, 0) is 39.0 Å². The fraction of sp³-hybridized carbons (Fsp3) is 0.882. The zero-order chi connectivity index (χ0) is 16.7. The van der Waals surface area contributed by atoms with Crippen LogP contribution in [-0.2, 0) is 9.59 Å². The maximum atomic E-state index is 12.8. The molecule has 2 atom stereocenters. The molecule has 2 saturated heterocycles. The van der Waals surface area contributed by atoms with E-state index >= 15 is 0 Å². The van der Waals surface area contributed by atoms with E-state index in [1.54, 1.807) is 0 Å². The normalized spacial score (nSPS) is 29.6. The van der Waals surface area contributed by atoms with Crippen LogP contribution in [0.1, 0.15) is 53.9 Å². The second kappa shape index (κ2) is 5.84. The van der Waals surface area contributed by atoms with Crippen LogP contribution in [-0.4, -0.2) is 58.0 Å². The van der Waals surface area contributed by atoms with Crippen molar-refractivity contribution in [2.24, 2.45) is 11.3 Å². The summed E-state index contributed by atoms with van der Waals surface area (Å²) in [6.07, 6.45) is 1.31. The molecule has 2 heterocycles. The van der Waals surface area contributed by atoms with E-state index in [1.165, 1.54) is 0 Å². The Morgan fingerprint density at radius 1 is 1.32 bits per heavy atom. The number of amides is 2. The second-order valence-corrected chi connectivity index (χ2v) is 8.65. The molecule has 0 aliphatic carbocycles. The Bertz CT molecular complexity index is 453. The minimum absolute atomic E-state index is 0.0694. The molecular weight excluding hydrogens is 280 g/mol. The first-order valence-corrected chi connectivity index (χ1v) is 8.27. The molecule has 1 N–H and O–H groups in total. The van der Waals surface area contributed by atoms with Crippen LogP contribution < -0.4 is 0 Å². The zero-order valence-corrected chi connectivity index (χ0v) is 14.6. The minimum Gasteiger partial charge on any atom is -0.393 e. The molecule has 0 saturated carbocycles. The number of rotatable bonds is 1. The van der Waals surface area contributed by atoms with Crippen LogP contribution in [0.4, 0.5) is 0 Å². The molecule has 5 nitrogen and oxygen atoms in total. The van der Waals surface area contributed by atoms with Crippen LogP contribution >= 0.6 is 0 Å². The van der Waals surface area contributed by atoms with Gasteiger partial charge in [0, 0.05) is 31.6 Å². The molecule has 0 spiro atoms. The molecule has 22 heavy (non-hydrogen) atoms. The van der Waals surface area contributed by atoms with Crippen molar-refractivity contribution in [3.05, 3.63) is 0 Å². The van der Waals surface area contributed by atoms with Gasteiger partial charge in [-0.2, -0.15) is 0 Å². The number of likely N-dealkylation sites (tertiary alicyclic amines) is 2. The highest BCUT2D eigenvalue weighted by atomic mass is 16.3. The minimum atomic E-state index is -0.343. The predicted molar refractivity (Wildman–Crippen MR) is 85.2 cm³/mol. The lowest BCUT2D eigenvalue weighted by Crippen LogP contribution is -2.44. The molecule has 5 heteroatoms. The SMILES string of the molecule is CC1(C)CC(O)CCN(C(=O)C2CC(=O)N(C(C)(C)C)C2)C1. The second-order valence-electron chi connectivity index (χ2n) is 8.65. The molecule has 0 aromatic heterocycles. The largest absolute Gasteiger partial charge is 0.393 e. The molecule has 126 valence electrons. The molecule has 2 amide bonds. The van der Waals surface area contributed by atoms with E-state index in [4.69, 9.17) is 0 Å². The van der Waals surface area contributed by atoms with E-state index in [0.717, 1.165) is 0 Å². The number of carbonyl (C=O) groups excluding carboxylic acids is 2. The molecule has 2 unspecified atom stereocenters. The number of nitrogens with zero attached hydrogens (tertiary/aromatic N) is 2. The summed E-state index contributed by atoms with van der Waals surface area (Å²) < 4.78 is 0. The van der Waals surface area contributed by atoms with Crippen LogP contribution in [0.5, 0.6) is 0 Å². The van der Waals surface area contributed by atoms with Crippen molar-refractivity contribution in [2.45, 2.75) is 65.5 Å². The van der Waals surface area contributed by atoms with Crippen molar-refractivity contribution < 1.29 is 14.7 Å². The Labute approximate surface area is 133 Å². The third-order valence-corrected chi connectivity index (χ3v) is 4.74. The maximum Gasteiger partial charge on any atom is 0.228 e. The maximum absolute atomic E-state index is 12.8. The number of aliphatic hydroxyl groups is 1. The molecule has 0 radical (unpaired) electrons. The molecule has 0 bridgehead atoms. The van der Waals surface area contributed by atoms with Crippen molar-refractivity contribution in [2.75, 3.05) is 19.6 Å². The van der Waals surface area contributed by atoms with E-state index in [-0.39, 0.29) is 34.8 Å².